The van der Waals surface area contributed by atoms with E-state index in [1.165, 1.54) is 11.3 Å². The maximum Gasteiger partial charge on any atom is 0.263 e. The quantitative estimate of drug-likeness (QED) is 0.907. The van der Waals surface area contributed by atoms with Crippen LogP contribution in [0.25, 0.3) is 0 Å². The van der Waals surface area contributed by atoms with Gasteiger partial charge in [-0.1, -0.05) is 13.0 Å². The van der Waals surface area contributed by atoms with Gasteiger partial charge in [-0.3, -0.25) is 9.59 Å². The zero-order valence-electron chi connectivity index (χ0n) is 14.2. The SMILES string of the molecule is CCCN1C[C@H]2C(=O)NC3(CCN(C(=O)c4cccs4)CC3)[C@H]2C1. The lowest BCUT2D eigenvalue weighted by atomic mass is 9.75. The number of nitrogens with zero attached hydrogens (tertiary/aromatic N) is 2. The maximum absolute atomic E-state index is 12.5. The minimum absolute atomic E-state index is 0.0868. The molecule has 1 aromatic heterocycles. The molecule has 3 fully saturated rings. The second-order valence-electron chi connectivity index (χ2n) is 7.39. The van der Waals surface area contributed by atoms with E-state index in [0.29, 0.717) is 5.92 Å². The van der Waals surface area contributed by atoms with Crippen molar-refractivity contribution in [1.82, 2.24) is 15.1 Å². The average molecular weight is 347 g/mol. The van der Waals surface area contributed by atoms with Crippen LogP contribution in [0.4, 0.5) is 0 Å². The van der Waals surface area contributed by atoms with Crippen molar-refractivity contribution in [2.45, 2.75) is 31.7 Å². The molecular weight excluding hydrogens is 322 g/mol. The van der Waals surface area contributed by atoms with E-state index in [9.17, 15) is 9.59 Å². The Kier molecular flexibility index (Phi) is 4.12. The van der Waals surface area contributed by atoms with Gasteiger partial charge in [0.1, 0.15) is 0 Å². The monoisotopic (exact) mass is 347 g/mol. The zero-order valence-corrected chi connectivity index (χ0v) is 15.0. The topological polar surface area (TPSA) is 52.7 Å². The van der Waals surface area contributed by atoms with Crippen molar-refractivity contribution in [3.63, 3.8) is 0 Å². The Morgan fingerprint density at radius 3 is 2.83 bits per heavy atom. The lowest BCUT2D eigenvalue weighted by Crippen LogP contribution is -2.56. The van der Waals surface area contributed by atoms with Gasteiger partial charge in [-0.15, -0.1) is 11.3 Å². The molecule has 1 N–H and O–H groups in total. The Balaban J connectivity index is 1.44. The van der Waals surface area contributed by atoms with Gasteiger partial charge in [0.05, 0.1) is 10.8 Å². The summed E-state index contributed by atoms with van der Waals surface area (Å²) in [7, 11) is 0. The molecule has 3 aliphatic rings. The molecule has 1 aromatic rings. The number of fused-ring (bicyclic) bond motifs is 2. The van der Waals surface area contributed by atoms with Crippen LogP contribution < -0.4 is 5.32 Å². The largest absolute Gasteiger partial charge is 0.350 e. The van der Waals surface area contributed by atoms with Crippen LogP contribution in [0.5, 0.6) is 0 Å². The summed E-state index contributed by atoms with van der Waals surface area (Å²) < 4.78 is 0. The molecule has 4 heterocycles. The van der Waals surface area contributed by atoms with Gasteiger partial charge in [0.2, 0.25) is 5.91 Å². The molecule has 0 bridgehead atoms. The highest BCUT2D eigenvalue weighted by atomic mass is 32.1. The average Bonchev–Trinajstić information content (AvgIpc) is 3.28. The van der Waals surface area contributed by atoms with Gasteiger partial charge < -0.3 is 15.1 Å². The summed E-state index contributed by atoms with van der Waals surface area (Å²) in [5.41, 5.74) is -0.0868. The van der Waals surface area contributed by atoms with Crippen molar-refractivity contribution in [2.75, 3.05) is 32.7 Å². The van der Waals surface area contributed by atoms with Crippen molar-refractivity contribution in [2.24, 2.45) is 11.8 Å². The van der Waals surface area contributed by atoms with E-state index in [0.717, 1.165) is 56.9 Å². The first-order chi connectivity index (χ1) is 11.6. The van der Waals surface area contributed by atoms with Crippen molar-refractivity contribution >= 4 is 23.2 Å². The molecule has 3 saturated heterocycles. The standard InChI is InChI=1S/C18H25N3O2S/c1-2-7-20-11-13-14(12-20)18(19-16(13)22)5-8-21(9-6-18)17(23)15-4-3-10-24-15/h3-4,10,13-14H,2,5-9,11-12H2,1H3,(H,19,22)/t13-,14+/m1/s1. The first-order valence-corrected chi connectivity index (χ1v) is 9.88. The minimum Gasteiger partial charge on any atom is -0.350 e. The Morgan fingerprint density at radius 2 is 2.17 bits per heavy atom. The molecule has 0 unspecified atom stereocenters. The molecule has 6 heteroatoms. The van der Waals surface area contributed by atoms with E-state index in [2.05, 4.69) is 17.1 Å². The molecule has 0 radical (unpaired) electrons. The third kappa shape index (κ3) is 2.56. The van der Waals surface area contributed by atoms with Crippen LogP contribution in [0.3, 0.4) is 0 Å². The van der Waals surface area contributed by atoms with Crippen LogP contribution in [0.1, 0.15) is 35.9 Å². The number of likely N-dealkylation sites (tertiary alicyclic amines) is 2. The number of carbonyl (C=O) groups excluding carboxylic acids is 2. The molecular formula is C18H25N3O2S. The van der Waals surface area contributed by atoms with E-state index < -0.39 is 0 Å². The lowest BCUT2D eigenvalue weighted by molar-refractivity contribution is -0.123. The molecule has 1 spiro atoms. The van der Waals surface area contributed by atoms with E-state index in [1.54, 1.807) is 0 Å². The summed E-state index contributed by atoms with van der Waals surface area (Å²) in [4.78, 5) is 30.2. The maximum atomic E-state index is 12.5. The van der Waals surface area contributed by atoms with Crippen LogP contribution in [0.2, 0.25) is 0 Å². The number of thiophene rings is 1. The van der Waals surface area contributed by atoms with Gasteiger partial charge in [-0.2, -0.15) is 0 Å². The van der Waals surface area contributed by atoms with Gasteiger partial charge in [-0.05, 0) is 37.3 Å². The molecule has 3 aliphatic heterocycles. The Bertz CT molecular complexity index is 622. The van der Waals surface area contributed by atoms with Gasteiger partial charge >= 0.3 is 0 Å². The van der Waals surface area contributed by atoms with E-state index in [-0.39, 0.29) is 23.3 Å². The number of hydrogen-bond acceptors (Lipinski definition) is 4. The fraction of sp³-hybridized carbons (Fsp3) is 0.667. The van der Waals surface area contributed by atoms with Gasteiger partial charge in [0.25, 0.3) is 5.91 Å². The van der Waals surface area contributed by atoms with E-state index in [1.807, 2.05) is 22.4 Å². The molecule has 4 rings (SSSR count). The van der Waals surface area contributed by atoms with E-state index in [4.69, 9.17) is 0 Å². The normalized spacial score (nSPS) is 29.0. The number of piperidine rings is 1. The molecule has 24 heavy (non-hydrogen) atoms. The summed E-state index contributed by atoms with van der Waals surface area (Å²) in [6.07, 6.45) is 2.91. The molecule has 2 amide bonds. The summed E-state index contributed by atoms with van der Waals surface area (Å²) in [6, 6.07) is 3.82. The molecule has 2 atom stereocenters. The number of rotatable bonds is 3. The smallest absolute Gasteiger partial charge is 0.263 e. The highest BCUT2D eigenvalue weighted by molar-refractivity contribution is 7.12. The van der Waals surface area contributed by atoms with Crippen LogP contribution >= 0.6 is 11.3 Å². The summed E-state index contributed by atoms with van der Waals surface area (Å²) in [5.74, 6) is 0.933. The summed E-state index contributed by atoms with van der Waals surface area (Å²) in [6.45, 7) is 6.69. The van der Waals surface area contributed by atoms with Crippen molar-refractivity contribution in [3.8, 4) is 0 Å². The van der Waals surface area contributed by atoms with Crippen molar-refractivity contribution < 1.29 is 9.59 Å². The fourth-order valence-corrected chi connectivity index (χ4v) is 5.49. The van der Waals surface area contributed by atoms with Gasteiger partial charge in [-0.25, -0.2) is 0 Å². The molecule has 0 aliphatic carbocycles. The third-order valence-electron chi connectivity index (χ3n) is 6.03. The van der Waals surface area contributed by atoms with Crippen LogP contribution in [0, 0.1) is 11.8 Å². The lowest BCUT2D eigenvalue weighted by Gasteiger charge is -2.42. The molecule has 130 valence electrons. The third-order valence-corrected chi connectivity index (χ3v) is 6.89. The second kappa shape index (κ2) is 6.15. The molecule has 5 nitrogen and oxygen atoms in total. The van der Waals surface area contributed by atoms with Crippen LogP contribution in [0.15, 0.2) is 17.5 Å². The molecule has 0 aromatic carbocycles. The minimum atomic E-state index is -0.0868. The predicted octanol–water partition coefficient (Wildman–Crippen LogP) is 1.81. The van der Waals surface area contributed by atoms with Gasteiger partial charge in [0.15, 0.2) is 0 Å². The van der Waals surface area contributed by atoms with Crippen LogP contribution in [-0.2, 0) is 4.79 Å². The first kappa shape index (κ1) is 16.1. The first-order valence-electron chi connectivity index (χ1n) is 9.00. The fourth-order valence-electron chi connectivity index (χ4n) is 4.80. The molecule has 0 saturated carbocycles. The number of amides is 2. The number of hydrogen-bond donors (Lipinski definition) is 1. The predicted molar refractivity (Wildman–Crippen MR) is 94.0 cm³/mol. The highest BCUT2D eigenvalue weighted by Crippen LogP contribution is 2.44. The van der Waals surface area contributed by atoms with E-state index >= 15 is 0 Å². The van der Waals surface area contributed by atoms with Crippen molar-refractivity contribution in [3.05, 3.63) is 22.4 Å². The number of carbonyl (C=O) groups is 2. The van der Waals surface area contributed by atoms with Crippen LogP contribution in [-0.4, -0.2) is 59.9 Å². The summed E-state index contributed by atoms with van der Waals surface area (Å²) >= 11 is 1.50. The second-order valence-corrected chi connectivity index (χ2v) is 8.34. The van der Waals surface area contributed by atoms with Crippen molar-refractivity contribution in [1.29, 1.82) is 0 Å². The Morgan fingerprint density at radius 1 is 1.38 bits per heavy atom. The van der Waals surface area contributed by atoms with Gasteiger partial charge in [0, 0.05) is 37.6 Å². The highest BCUT2D eigenvalue weighted by Gasteiger charge is 2.57. The Labute approximate surface area is 147 Å². The zero-order chi connectivity index (χ0) is 16.7. The number of nitrogens with one attached hydrogen (secondary N) is 1. The Hall–Kier alpha value is -1.40. The summed E-state index contributed by atoms with van der Waals surface area (Å²) in [5, 5.41) is 5.27.